The van der Waals surface area contributed by atoms with Crippen molar-refractivity contribution in [3.63, 3.8) is 0 Å². The normalized spacial score (nSPS) is 15.5. The number of hydrogen-bond donors (Lipinski definition) is 1. The highest BCUT2D eigenvalue weighted by Crippen LogP contribution is 2.38. The molecule has 9 heteroatoms. The second kappa shape index (κ2) is 6.90. The maximum atomic E-state index is 12.1. The van der Waals surface area contributed by atoms with Crippen molar-refractivity contribution in [3.05, 3.63) is 23.4 Å². The fourth-order valence-electron chi connectivity index (χ4n) is 2.20. The number of carboxylic acids is 1. The van der Waals surface area contributed by atoms with Crippen LogP contribution in [0.15, 0.2) is 17.8 Å². The molecule has 1 heterocycles. The molecule has 1 aliphatic heterocycles. The lowest BCUT2D eigenvalue weighted by molar-refractivity contribution is -0.305. The van der Waals surface area contributed by atoms with Gasteiger partial charge in [-0.05, 0) is 23.8 Å². The van der Waals surface area contributed by atoms with Crippen molar-refractivity contribution in [2.75, 3.05) is 27.9 Å². The summed E-state index contributed by atoms with van der Waals surface area (Å²) >= 11 is 0. The van der Waals surface area contributed by atoms with Crippen molar-refractivity contribution >= 4 is 24.0 Å². The van der Waals surface area contributed by atoms with Gasteiger partial charge in [-0.15, -0.1) is 0 Å². The van der Waals surface area contributed by atoms with Gasteiger partial charge in [0.2, 0.25) is 5.75 Å². The first-order valence-electron chi connectivity index (χ1n) is 6.75. The molecule has 128 valence electrons. The van der Waals surface area contributed by atoms with E-state index in [-0.39, 0.29) is 5.70 Å². The number of imide groups is 1. The van der Waals surface area contributed by atoms with Crippen molar-refractivity contribution in [3.8, 4) is 17.2 Å². The highest BCUT2D eigenvalue weighted by atomic mass is 16.5. The minimum absolute atomic E-state index is 0.0736. The summed E-state index contributed by atoms with van der Waals surface area (Å²) in [6.45, 7) is -0.822. The molecule has 24 heavy (non-hydrogen) atoms. The van der Waals surface area contributed by atoms with Crippen molar-refractivity contribution in [1.29, 1.82) is 0 Å². The summed E-state index contributed by atoms with van der Waals surface area (Å²) in [6, 6.07) is 2.33. The van der Waals surface area contributed by atoms with Gasteiger partial charge in [0.1, 0.15) is 5.70 Å². The zero-order valence-electron chi connectivity index (χ0n) is 13.2. The Kier molecular flexibility index (Phi) is 4.93. The van der Waals surface area contributed by atoms with E-state index in [1.54, 1.807) is 12.1 Å². The maximum Gasteiger partial charge on any atom is 0.329 e. The Morgan fingerprint density at radius 3 is 2.21 bits per heavy atom. The van der Waals surface area contributed by atoms with E-state index in [0.29, 0.717) is 27.7 Å². The van der Waals surface area contributed by atoms with E-state index in [4.69, 9.17) is 14.2 Å². The number of benzene rings is 1. The average Bonchev–Trinajstić information content (AvgIpc) is 2.80. The molecule has 0 atom stereocenters. The third kappa shape index (κ3) is 3.24. The SMILES string of the molecule is COc1cc(/C=C2/NC(=O)N(CC(=O)[O-])C2=O)cc(OC)c1OC. The molecule has 1 saturated heterocycles. The molecular formula is C15H15N2O7-. The van der Waals surface area contributed by atoms with Gasteiger partial charge in [-0.2, -0.15) is 0 Å². The van der Waals surface area contributed by atoms with Crippen LogP contribution in [0.5, 0.6) is 17.2 Å². The van der Waals surface area contributed by atoms with Crippen LogP contribution < -0.4 is 24.6 Å². The number of carbonyl (C=O) groups excluding carboxylic acids is 3. The summed E-state index contributed by atoms with van der Waals surface area (Å²) in [5.41, 5.74) is 0.416. The second-order valence-corrected chi connectivity index (χ2v) is 4.71. The maximum absolute atomic E-state index is 12.1. The van der Waals surface area contributed by atoms with Gasteiger partial charge in [0, 0.05) is 0 Å². The third-order valence-corrected chi connectivity index (χ3v) is 3.25. The van der Waals surface area contributed by atoms with E-state index in [1.165, 1.54) is 27.4 Å². The number of urea groups is 1. The van der Waals surface area contributed by atoms with Gasteiger partial charge >= 0.3 is 6.03 Å². The summed E-state index contributed by atoms with van der Waals surface area (Å²) in [6.07, 6.45) is 1.37. The number of carbonyl (C=O) groups is 3. The van der Waals surface area contributed by atoms with Gasteiger partial charge in [0.25, 0.3) is 5.91 Å². The molecule has 3 amide bonds. The monoisotopic (exact) mass is 335 g/mol. The van der Waals surface area contributed by atoms with Crippen LogP contribution in [0.3, 0.4) is 0 Å². The molecule has 0 bridgehead atoms. The van der Waals surface area contributed by atoms with Crippen molar-refractivity contribution < 1.29 is 33.7 Å². The lowest BCUT2D eigenvalue weighted by atomic mass is 10.1. The molecule has 2 rings (SSSR count). The topological polar surface area (TPSA) is 117 Å². The van der Waals surface area contributed by atoms with E-state index in [9.17, 15) is 19.5 Å². The lowest BCUT2D eigenvalue weighted by Gasteiger charge is -2.13. The Hall–Kier alpha value is -3.23. The van der Waals surface area contributed by atoms with Crippen LogP contribution in [0.25, 0.3) is 6.08 Å². The molecule has 0 unspecified atom stereocenters. The van der Waals surface area contributed by atoms with Crippen LogP contribution in [0.1, 0.15) is 5.56 Å². The van der Waals surface area contributed by atoms with Gasteiger partial charge in [-0.1, -0.05) is 0 Å². The Morgan fingerprint density at radius 2 is 1.75 bits per heavy atom. The van der Waals surface area contributed by atoms with Gasteiger partial charge in [0.15, 0.2) is 11.5 Å². The zero-order chi connectivity index (χ0) is 17.9. The molecule has 0 spiro atoms. The Balaban J connectivity index is 2.39. The number of hydrogen-bond acceptors (Lipinski definition) is 7. The summed E-state index contributed by atoms with van der Waals surface area (Å²) < 4.78 is 15.6. The first-order chi connectivity index (χ1) is 11.4. The fourth-order valence-corrected chi connectivity index (χ4v) is 2.20. The fraction of sp³-hybridized carbons (Fsp3) is 0.267. The number of rotatable bonds is 6. The highest BCUT2D eigenvalue weighted by molar-refractivity contribution is 6.15. The number of nitrogens with one attached hydrogen (secondary N) is 1. The van der Waals surface area contributed by atoms with E-state index in [1.807, 2.05) is 0 Å². The van der Waals surface area contributed by atoms with E-state index in [2.05, 4.69) is 5.32 Å². The summed E-state index contributed by atoms with van der Waals surface area (Å²) in [4.78, 5) is 34.9. The van der Waals surface area contributed by atoms with E-state index >= 15 is 0 Å². The Morgan fingerprint density at radius 1 is 1.17 bits per heavy atom. The summed E-state index contributed by atoms with van der Waals surface area (Å²) in [5, 5.41) is 12.9. The van der Waals surface area contributed by atoms with Crippen molar-refractivity contribution in [2.24, 2.45) is 0 Å². The van der Waals surface area contributed by atoms with Crippen LogP contribution in [-0.4, -0.2) is 50.7 Å². The van der Waals surface area contributed by atoms with Crippen LogP contribution in [0.4, 0.5) is 4.79 Å². The first-order valence-corrected chi connectivity index (χ1v) is 6.75. The highest BCUT2D eigenvalue weighted by Gasteiger charge is 2.33. The van der Waals surface area contributed by atoms with Gasteiger partial charge < -0.3 is 29.4 Å². The molecular weight excluding hydrogens is 320 g/mol. The van der Waals surface area contributed by atoms with Crippen LogP contribution in [0, 0.1) is 0 Å². The quantitative estimate of drug-likeness (QED) is 0.542. The van der Waals surface area contributed by atoms with E-state index in [0.717, 1.165) is 0 Å². The van der Waals surface area contributed by atoms with Crippen molar-refractivity contribution in [2.45, 2.75) is 0 Å². The molecule has 1 fully saturated rings. The number of amides is 3. The predicted octanol–water partition coefficient (Wildman–Crippen LogP) is -0.645. The molecule has 1 N–H and O–H groups in total. The van der Waals surface area contributed by atoms with Crippen molar-refractivity contribution in [1.82, 2.24) is 10.2 Å². The van der Waals surface area contributed by atoms with E-state index < -0.39 is 24.5 Å². The molecule has 0 aromatic heterocycles. The first kappa shape index (κ1) is 17.1. The number of nitrogens with zero attached hydrogens (tertiary/aromatic N) is 1. The molecule has 9 nitrogen and oxygen atoms in total. The minimum atomic E-state index is -1.53. The van der Waals surface area contributed by atoms with Gasteiger partial charge in [-0.25, -0.2) is 4.79 Å². The summed E-state index contributed by atoms with van der Waals surface area (Å²) in [5.74, 6) is -1.19. The zero-order valence-corrected chi connectivity index (χ0v) is 13.2. The molecule has 0 saturated carbocycles. The standard InChI is InChI=1S/C15H16N2O7/c1-22-10-5-8(6-11(23-2)13(10)24-3)4-9-14(20)17(7-12(18)19)15(21)16-9/h4-6H,7H2,1-3H3,(H,16,21)(H,18,19)/p-1/b9-4+. The molecule has 1 aromatic carbocycles. The van der Waals surface area contributed by atoms with Crippen LogP contribution in [0.2, 0.25) is 0 Å². The second-order valence-electron chi connectivity index (χ2n) is 4.71. The Bertz CT molecular complexity index is 702. The average molecular weight is 335 g/mol. The van der Waals surface area contributed by atoms with Gasteiger partial charge in [0.05, 0.1) is 33.8 Å². The molecule has 0 aliphatic carbocycles. The molecule has 1 aromatic rings. The summed E-state index contributed by atoms with van der Waals surface area (Å²) in [7, 11) is 4.34. The van der Waals surface area contributed by atoms with Gasteiger partial charge in [-0.3, -0.25) is 9.69 Å². The van der Waals surface area contributed by atoms with Crippen LogP contribution >= 0.6 is 0 Å². The number of aliphatic carboxylic acids is 1. The largest absolute Gasteiger partial charge is 0.548 e. The predicted molar refractivity (Wildman–Crippen MR) is 79.3 cm³/mol. The molecule has 1 aliphatic rings. The number of methoxy groups -OCH3 is 3. The number of carboxylic acid groups (broad SMARTS) is 1. The lowest BCUT2D eigenvalue weighted by Crippen LogP contribution is -2.41. The number of ether oxygens (including phenoxy) is 3. The van der Waals surface area contributed by atoms with Crippen LogP contribution in [-0.2, 0) is 9.59 Å². The smallest absolute Gasteiger partial charge is 0.329 e. The molecule has 0 radical (unpaired) electrons. The minimum Gasteiger partial charge on any atom is -0.548 e. The third-order valence-electron chi connectivity index (χ3n) is 3.25. The Labute approximate surface area is 137 Å².